The number of nitrogens with zero attached hydrogens (tertiary/aromatic N) is 1. The molecule has 1 atom stereocenters. The Bertz CT molecular complexity index is 816. The largest absolute Gasteiger partial charge is 0.375 e. The summed E-state index contributed by atoms with van der Waals surface area (Å²) in [6, 6.07) is 12.8. The van der Waals surface area contributed by atoms with Crippen LogP contribution in [0.15, 0.2) is 42.5 Å². The molecule has 124 valence electrons. The molecule has 0 fully saturated rings. The van der Waals surface area contributed by atoms with E-state index in [1.165, 1.54) is 11.8 Å². The van der Waals surface area contributed by atoms with Crippen molar-refractivity contribution in [2.45, 2.75) is 32.4 Å². The third kappa shape index (κ3) is 2.83. The molecular weight excluding hydrogens is 326 g/mol. The summed E-state index contributed by atoms with van der Waals surface area (Å²) in [4.78, 5) is 26.0. The molecule has 0 aromatic heterocycles. The average molecular weight is 344 g/mol. The Morgan fingerprint density at radius 3 is 2.50 bits per heavy atom. The lowest BCUT2D eigenvalue weighted by atomic mass is 9.90. The third-order valence-electron chi connectivity index (χ3n) is 4.26. The Hall–Kier alpha value is -2.17. The number of hydrogen-bond donors (Lipinski definition) is 1. The maximum absolute atomic E-state index is 12.9. The first kappa shape index (κ1) is 16.7. The van der Waals surface area contributed by atoms with Crippen molar-refractivity contribution in [3.05, 3.63) is 64.2 Å². The van der Waals surface area contributed by atoms with E-state index in [2.05, 4.69) is 0 Å². The predicted molar refractivity (Wildman–Crippen MR) is 93.0 cm³/mol. The highest BCUT2D eigenvalue weighted by Gasteiger charge is 2.50. The monoisotopic (exact) mass is 343 g/mol. The number of aliphatic hydroxyl groups is 1. The number of rotatable bonds is 4. The molecule has 0 spiro atoms. The molecule has 3 rings (SSSR count). The molecule has 0 saturated heterocycles. The van der Waals surface area contributed by atoms with Crippen molar-refractivity contribution in [2.75, 3.05) is 4.90 Å². The van der Waals surface area contributed by atoms with Crippen molar-refractivity contribution in [1.82, 2.24) is 0 Å². The highest BCUT2D eigenvalue weighted by Crippen LogP contribution is 2.44. The number of anilines is 1. The minimum Gasteiger partial charge on any atom is -0.375 e. The molecule has 0 aliphatic carbocycles. The van der Waals surface area contributed by atoms with Crippen LogP contribution in [-0.4, -0.2) is 16.8 Å². The third-order valence-corrected chi connectivity index (χ3v) is 4.50. The molecule has 2 aromatic rings. The van der Waals surface area contributed by atoms with Crippen molar-refractivity contribution >= 4 is 29.0 Å². The summed E-state index contributed by atoms with van der Waals surface area (Å²) in [6.07, 6.45) is -0.260. The fourth-order valence-corrected chi connectivity index (χ4v) is 3.26. The van der Waals surface area contributed by atoms with E-state index < -0.39 is 11.5 Å². The van der Waals surface area contributed by atoms with Crippen LogP contribution in [0.5, 0.6) is 0 Å². The summed E-state index contributed by atoms with van der Waals surface area (Å²) in [5.41, 5.74) is 1.21. The summed E-state index contributed by atoms with van der Waals surface area (Å²) >= 11 is 6.03. The zero-order valence-electron chi connectivity index (χ0n) is 13.5. The zero-order chi connectivity index (χ0) is 17.5. The van der Waals surface area contributed by atoms with E-state index >= 15 is 0 Å². The minimum atomic E-state index is -1.85. The van der Waals surface area contributed by atoms with Crippen molar-refractivity contribution in [3.63, 3.8) is 0 Å². The maximum Gasteiger partial charge on any atom is 0.264 e. The molecule has 0 saturated carbocycles. The number of aryl methyl sites for hydroxylation is 1. The SMILES string of the molecule is CC(=O)CC1(O)C(=O)N(Cc2ccc(C)cc2)c2ccc(Cl)cc21. The van der Waals surface area contributed by atoms with Gasteiger partial charge in [-0.1, -0.05) is 41.4 Å². The Kier molecular flexibility index (Phi) is 4.20. The van der Waals surface area contributed by atoms with Gasteiger partial charge in [-0.2, -0.15) is 0 Å². The van der Waals surface area contributed by atoms with Gasteiger partial charge in [-0.25, -0.2) is 0 Å². The van der Waals surface area contributed by atoms with Crippen molar-refractivity contribution in [2.24, 2.45) is 0 Å². The normalized spacial score (nSPS) is 19.5. The number of fused-ring (bicyclic) bond motifs is 1. The lowest BCUT2D eigenvalue weighted by Crippen LogP contribution is -2.41. The lowest BCUT2D eigenvalue weighted by molar-refractivity contribution is -0.141. The second-order valence-corrected chi connectivity index (χ2v) is 6.71. The highest BCUT2D eigenvalue weighted by molar-refractivity contribution is 6.31. The van der Waals surface area contributed by atoms with E-state index in [4.69, 9.17) is 11.6 Å². The molecule has 24 heavy (non-hydrogen) atoms. The fourth-order valence-electron chi connectivity index (χ4n) is 3.09. The molecule has 1 N–H and O–H groups in total. The molecule has 2 aromatic carbocycles. The van der Waals surface area contributed by atoms with Crippen molar-refractivity contribution in [1.29, 1.82) is 0 Å². The van der Waals surface area contributed by atoms with E-state index in [0.29, 0.717) is 22.8 Å². The van der Waals surface area contributed by atoms with E-state index in [1.807, 2.05) is 31.2 Å². The van der Waals surface area contributed by atoms with Crippen LogP contribution in [0.1, 0.15) is 30.0 Å². The topological polar surface area (TPSA) is 57.6 Å². The van der Waals surface area contributed by atoms with Crippen LogP contribution < -0.4 is 4.90 Å². The fraction of sp³-hybridized carbons (Fsp3) is 0.263. The van der Waals surface area contributed by atoms with Crippen LogP contribution in [0.25, 0.3) is 0 Å². The van der Waals surface area contributed by atoms with Crippen LogP contribution >= 0.6 is 11.6 Å². The Labute approximate surface area is 145 Å². The van der Waals surface area contributed by atoms with Gasteiger partial charge in [0.05, 0.1) is 12.2 Å². The maximum atomic E-state index is 12.9. The van der Waals surface area contributed by atoms with Gasteiger partial charge in [0.15, 0.2) is 5.60 Å². The molecule has 4 nitrogen and oxygen atoms in total. The first-order valence-electron chi connectivity index (χ1n) is 7.70. The Morgan fingerprint density at radius 1 is 1.21 bits per heavy atom. The molecule has 1 amide bonds. The summed E-state index contributed by atoms with van der Waals surface area (Å²) in [5, 5.41) is 11.3. The quantitative estimate of drug-likeness (QED) is 0.926. The van der Waals surface area contributed by atoms with Gasteiger partial charge in [0, 0.05) is 17.0 Å². The molecule has 0 radical (unpaired) electrons. The lowest BCUT2D eigenvalue weighted by Gasteiger charge is -2.22. The van der Waals surface area contributed by atoms with E-state index in [1.54, 1.807) is 18.2 Å². The van der Waals surface area contributed by atoms with Crippen LogP contribution in [-0.2, 0) is 21.7 Å². The van der Waals surface area contributed by atoms with Gasteiger partial charge in [0.1, 0.15) is 5.78 Å². The first-order valence-corrected chi connectivity index (χ1v) is 8.08. The highest BCUT2D eigenvalue weighted by atomic mass is 35.5. The van der Waals surface area contributed by atoms with Gasteiger partial charge in [-0.15, -0.1) is 0 Å². The second kappa shape index (κ2) is 6.04. The number of ketones is 1. The van der Waals surface area contributed by atoms with Crippen LogP contribution in [0.3, 0.4) is 0 Å². The van der Waals surface area contributed by atoms with Crippen LogP contribution in [0.4, 0.5) is 5.69 Å². The van der Waals surface area contributed by atoms with E-state index in [-0.39, 0.29) is 12.2 Å². The van der Waals surface area contributed by atoms with Gasteiger partial charge in [-0.3, -0.25) is 9.59 Å². The number of amides is 1. The number of halogens is 1. The van der Waals surface area contributed by atoms with Gasteiger partial charge >= 0.3 is 0 Å². The molecule has 5 heteroatoms. The molecule has 1 unspecified atom stereocenters. The Morgan fingerprint density at radius 2 is 1.88 bits per heavy atom. The van der Waals surface area contributed by atoms with Gasteiger partial charge in [-0.05, 0) is 37.6 Å². The number of carbonyl (C=O) groups is 2. The molecule has 1 heterocycles. The van der Waals surface area contributed by atoms with E-state index in [9.17, 15) is 14.7 Å². The molecule has 1 aliphatic heterocycles. The van der Waals surface area contributed by atoms with Crippen molar-refractivity contribution < 1.29 is 14.7 Å². The molecular formula is C19H18ClNO3. The minimum absolute atomic E-state index is 0.256. The van der Waals surface area contributed by atoms with Crippen LogP contribution in [0, 0.1) is 6.92 Å². The smallest absolute Gasteiger partial charge is 0.264 e. The number of benzene rings is 2. The molecule has 1 aliphatic rings. The van der Waals surface area contributed by atoms with Gasteiger partial charge in [0.2, 0.25) is 0 Å². The second-order valence-electron chi connectivity index (χ2n) is 6.28. The summed E-state index contributed by atoms with van der Waals surface area (Å²) < 4.78 is 0. The van der Waals surface area contributed by atoms with Crippen molar-refractivity contribution in [3.8, 4) is 0 Å². The summed E-state index contributed by atoms with van der Waals surface area (Å²) in [5.74, 6) is -0.746. The summed E-state index contributed by atoms with van der Waals surface area (Å²) in [6.45, 7) is 3.68. The number of Topliss-reactive ketones (excluding diaryl/α,β-unsaturated/α-hetero) is 1. The number of carbonyl (C=O) groups excluding carboxylic acids is 2. The number of hydrogen-bond acceptors (Lipinski definition) is 3. The predicted octanol–water partition coefficient (Wildman–Crippen LogP) is 3.36. The van der Waals surface area contributed by atoms with Gasteiger partial charge in [0.25, 0.3) is 5.91 Å². The molecule has 0 bridgehead atoms. The summed E-state index contributed by atoms with van der Waals surface area (Å²) in [7, 11) is 0. The van der Waals surface area contributed by atoms with Gasteiger partial charge < -0.3 is 10.0 Å². The zero-order valence-corrected chi connectivity index (χ0v) is 14.3. The standard InChI is InChI=1S/C19H18ClNO3/c1-12-3-5-14(6-4-12)11-21-17-8-7-15(20)9-16(17)19(24,18(21)23)10-13(2)22/h3-9,24H,10-11H2,1-2H3. The van der Waals surface area contributed by atoms with Crippen LogP contribution in [0.2, 0.25) is 5.02 Å². The van der Waals surface area contributed by atoms with E-state index in [0.717, 1.165) is 11.1 Å². The first-order chi connectivity index (χ1) is 11.3. The average Bonchev–Trinajstić information content (AvgIpc) is 2.71. The Balaban J connectivity index is 2.04.